The zero-order chi connectivity index (χ0) is 14.1. The molecule has 0 saturated heterocycles. The summed E-state index contributed by atoms with van der Waals surface area (Å²) in [5.74, 6) is -0.948. The molecule has 1 heterocycles. The van der Waals surface area contributed by atoms with Crippen LogP contribution in [0.1, 0.15) is 10.4 Å². The summed E-state index contributed by atoms with van der Waals surface area (Å²) in [6.07, 6.45) is 1.57. The van der Waals surface area contributed by atoms with Crippen molar-refractivity contribution in [2.75, 3.05) is 10.2 Å². The Morgan fingerprint density at radius 3 is 2.70 bits per heavy atom. The van der Waals surface area contributed by atoms with Gasteiger partial charge in [-0.25, -0.2) is 8.78 Å². The lowest BCUT2D eigenvalue weighted by atomic mass is 10.1. The van der Waals surface area contributed by atoms with E-state index in [0.29, 0.717) is 23.4 Å². The lowest BCUT2D eigenvalue weighted by molar-refractivity contribution is 0.102. The Labute approximate surface area is 114 Å². The fourth-order valence-corrected chi connectivity index (χ4v) is 2.23. The van der Waals surface area contributed by atoms with Crippen LogP contribution < -0.4 is 10.2 Å². The van der Waals surface area contributed by atoms with E-state index in [9.17, 15) is 13.6 Å². The van der Waals surface area contributed by atoms with Crippen LogP contribution in [0.5, 0.6) is 0 Å². The van der Waals surface area contributed by atoms with Gasteiger partial charge in [-0.05, 0) is 30.3 Å². The molecule has 3 nitrogen and oxygen atoms in total. The van der Waals surface area contributed by atoms with Gasteiger partial charge in [-0.2, -0.15) is 0 Å². The highest BCUT2D eigenvalue weighted by atomic mass is 19.1. The van der Waals surface area contributed by atoms with Crippen molar-refractivity contribution in [3.05, 3.63) is 66.4 Å². The van der Waals surface area contributed by atoms with Gasteiger partial charge >= 0.3 is 0 Å². The van der Waals surface area contributed by atoms with E-state index < -0.39 is 11.7 Å². The molecule has 0 atom stereocenters. The fraction of sp³-hybridized carbons (Fsp3) is 0. The maximum absolute atomic E-state index is 13.4. The van der Waals surface area contributed by atoms with Gasteiger partial charge in [-0.3, -0.25) is 4.79 Å². The Morgan fingerprint density at radius 2 is 1.90 bits per heavy atom. The average molecular weight is 272 g/mol. The summed E-state index contributed by atoms with van der Waals surface area (Å²) < 4.78 is 26.0. The van der Waals surface area contributed by atoms with Gasteiger partial charge in [0.25, 0.3) is 5.91 Å². The van der Waals surface area contributed by atoms with Crippen molar-refractivity contribution in [2.45, 2.75) is 0 Å². The third-order valence-electron chi connectivity index (χ3n) is 3.08. The molecule has 1 N–H and O–H groups in total. The van der Waals surface area contributed by atoms with Crippen molar-refractivity contribution in [1.29, 1.82) is 0 Å². The predicted octanol–water partition coefficient (Wildman–Crippen LogP) is 3.97. The maximum Gasteiger partial charge on any atom is 0.257 e. The lowest BCUT2D eigenvalue weighted by Crippen LogP contribution is -2.12. The van der Waals surface area contributed by atoms with Crippen molar-refractivity contribution in [3.8, 4) is 0 Å². The minimum absolute atomic E-state index is 0.152. The third-order valence-corrected chi connectivity index (χ3v) is 3.08. The van der Waals surface area contributed by atoms with Crippen LogP contribution in [0.15, 0.2) is 55.0 Å². The van der Waals surface area contributed by atoms with Gasteiger partial charge in [0.15, 0.2) is 0 Å². The van der Waals surface area contributed by atoms with Crippen LogP contribution in [0.25, 0.3) is 0 Å². The fourth-order valence-electron chi connectivity index (χ4n) is 2.23. The second-order valence-electron chi connectivity index (χ2n) is 4.28. The third kappa shape index (κ3) is 1.93. The first-order valence-corrected chi connectivity index (χ1v) is 5.97. The summed E-state index contributed by atoms with van der Waals surface area (Å²) in [5, 5.41) is 2.69. The Morgan fingerprint density at radius 1 is 1.10 bits per heavy atom. The van der Waals surface area contributed by atoms with E-state index in [1.165, 1.54) is 23.2 Å². The van der Waals surface area contributed by atoms with Crippen molar-refractivity contribution in [2.24, 2.45) is 0 Å². The molecule has 2 aromatic carbocycles. The molecule has 0 bridgehead atoms. The smallest absolute Gasteiger partial charge is 0.257 e. The molecular formula is C15H10F2N2O. The molecule has 3 rings (SSSR count). The van der Waals surface area contributed by atoms with E-state index >= 15 is 0 Å². The van der Waals surface area contributed by atoms with Crippen LogP contribution in [0.3, 0.4) is 0 Å². The SMILES string of the molecule is O=C1Nc2ccccc2N(/C=C/F)c2ccc(F)cc21. The highest BCUT2D eigenvalue weighted by molar-refractivity contribution is 6.12. The Bertz CT molecular complexity index is 713. The van der Waals surface area contributed by atoms with Gasteiger partial charge < -0.3 is 10.2 Å². The first kappa shape index (κ1) is 12.3. The molecule has 0 saturated carbocycles. The highest BCUT2D eigenvalue weighted by Gasteiger charge is 2.24. The number of hydrogen-bond donors (Lipinski definition) is 1. The molecular weight excluding hydrogens is 262 g/mol. The Balaban J connectivity index is 2.28. The van der Waals surface area contributed by atoms with Crippen LogP contribution in [0, 0.1) is 5.82 Å². The molecule has 0 radical (unpaired) electrons. The molecule has 0 spiro atoms. The molecule has 0 fully saturated rings. The number of fused-ring (bicyclic) bond motifs is 2. The number of nitrogens with zero attached hydrogens (tertiary/aromatic N) is 1. The number of anilines is 3. The van der Waals surface area contributed by atoms with E-state index in [-0.39, 0.29) is 5.56 Å². The average Bonchev–Trinajstić information content (AvgIpc) is 2.56. The van der Waals surface area contributed by atoms with Gasteiger partial charge in [-0.1, -0.05) is 12.1 Å². The quantitative estimate of drug-likeness (QED) is 0.851. The van der Waals surface area contributed by atoms with Crippen molar-refractivity contribution in [1.82, 2.24) is 0 Å². The van der Waals surface area contributed by atoms with Gasteiger partial charge in [0.1, 0.15) is 12.1 Å². The molecule has 5 heteroatoms. The molecule has 20 heavy (non-hydrogen) atoms. The summed E-state index contributed by atoms with van der Waals surface area (Å²) >= 11 is 0. The van der Waals surface area contributed by atoms with Crippen LogP contribution in [-0.4, -0.2) is 5.91 Å². The molecule has 1 amide bonds. The van der Waals surface area contributed by atoms with Crippen LogP contribution in [-0.2, 0) is 0 Å². The predicted molar refractivity (Wildman–Crippen MR) is 73.2 cm³/mol. The minimum atomic E-state index is -0.519. The molecule has 1 aliphatic rings. The molecule has 100 valence electrons. The molecule has 0 aliphatic carbocycles. The minimum Gasteiger partial charge on any atom is -0.320 e. The number of benzene rings is 2. The number of rotatable bonds is 1. The number of halogens is 2. The van der Waals surface area contributed by atoms with E-state index in [1.807, 2.05) is 0 Å². The Kier molecular flexibility index (Phi) is 2.95. The normalized spacial score (nSPS) is 13.7. The van der Waals surface area contributed by atoms with Crippen LogP contribution in [0.2, 0.25) is 0 Å². The van der Waals surface area contributed by atoms with Gasteiger partial charge in [0.05, 0.1) is 22.6 Å². The maximum atomic E-state index is 13.4. The van der Waals surface area contributed by atoms with Gasteiger partial charge in [0, 0.05) is 6.20 Å². The lowest BCUT2D eigenvalue weighted by Gasteiger charge is -2.21. The summed E-state index contributed by atoms with van der Waals surface area (Å²) in [6, 6.07) is 10.8. The zero-order valence-corrected chi connectivity index (χ0v) is 10.3. The standard InChI is InChI=1S/C15H10F2N2O/c16-7-8-19-13-6-5-10(17)9-11(13)15(20)18-12-3-1-2-4-14(12)19/h1-9H,(H,18,20)/b8-7+. The van der Waals surface area contributed by atoms with Gasteiger partial charge in [0.2, 0.25) is 0 Å². The van der Waals surface area contributed by atoms with E-state index in [2.05, 4.69) is 5.32 Å². The first-order chi connectivity index (χ1) is 9.70. The molecule has 0 unspecified atom stereocenters. The molecule has 1 aliphatic heterocycles. The molecule has 0 aromatic heterocycles. The summed E-state index contributed by atoms with van der Waals surface area (Å²) in [6.45, 7) is 0. The van der Waals surface area contributed by atoms with Crippen molar-refractivity contribution >= 4 is 23.0 Å². The van der Waals surface area contributed by atoms with Gasteiger partial charge in [-0.15, -0.1) is 0 Å². The number of carbonyl (C=O) groups excluding carboxylic acids is 1. The molecule has 2 aromatic rings. The largest absolute Gasteiger partial charge is 0.320 e. The van der Waals surface area contributed by atoms with E-state index in [1.54, 1.807) is 24.3 Å². The van der Waals surface area contributed by atoms with Crippen molar-refractivity contribution < 1.29 is 13.6 Å². The number of carbonyl (C=O) groups is 1. The zero-order valence-electron chi connectivity index (χ0n) is 10.3. The second-order valence-corrected chi connectivity index (χ2v) is 4.28. The monoisotopic (exact) mass is 272 g/mol. The Hall–Kier alpha value is -2.69. The van der Waals surface area contributed by atoms with Crippen LogP contribution >= 0.6 is 0 Å². The topological polar surface area (TPSA) is 32.3 Å². The number of nitrogens with one attached hydrogen (secondary N) is 1. The summed E-state index contributed by atoms with van der Waals surface area (Å²) in [4.78, 5) is 13.6. The second kappa shape index (κ2) is 4.77. The first-order valence-electron chi connectivity index (χ1n) is 5.97. The number of amides is 1. The number of hydrogen-bond acceptors (Lipinski definition) is 2. The van der Waals surface area contributed by atoms with E-state index in [0.717, 1.165) is 6.07 Å². The van der Waals surface area contributed by atoms with E-state index in [4.69, 9.17) is 0 Å². The van der Waals surface area contributed by atoms with Crippen molar-refractivity contribution in [3.63, 3.8) is 0 Å². The number of para-hydroxylation sites is 2. The summed E-state index contributed by atoms with van der Waals surface area (Å²) in [5.41, 5.74) is 1.72. The summed E-state index contributed by atoms with van der Waals surface area (Å²) in [7, 11) is 0. The van der Waals surface area contributed by atoms with Crippen LogP contribution in [0.4, 0.5) is 25.8 Å². The highest BCUT2D eigenvalue weighted by Crippen LogP contribution is 2.38.